The molecule has 4 heterocycles. The maximum Gasteiger partial charge on any atom is 0.435 e. The molecule has 9 rings (SSSR count). The van der Waals surface area contributed by atoms with Gasteiger partial charge in [-0.15, -0.1) is 0 Å². The van der Waals surface area contributed by atoms with Crippen LogP contribution in [0.25, 0.3) is 32.4 Å². The summed E-state index contributed by atoms with van der Waals surface area (Å²) in [6.45, 7) is 0.990. The molecule has 1 amide bonds. The molecule has 0 aliphatic heterocycles. The number of thiazole rings is 1. The fourth-order valence-corrected chi connectivity index (χ4v) is 9.44. The zero-order chi connectivity index (χ0) is 41.3. The molecule has 21 heteroatoms. The van der Waals surface area contributed by atoms with E-state index < -0.39 is 81.0 Å². The molecule has 2 fully saturated rings. The number of aryl methyl sites for hydroxylation is 1. The van der Waals surface area contributed by atoms with E-state index in [-0.39, 0.29) is 41.1 Å². The molecule has 3 aliphatic carbocycles. The van der Waals surface area contributed by atoms with Crippen LogP contribution in [-0.4, -0.2) is 55.6 Å². The minimum Gasteiger partial charge on any atom is -0.356 e. The molecular formula is C37H32F7N9O3S2. The Kier molecular flexibility index (Phi) is 8.46. The summed E-state index contributed by atoms with van der Waals surface area (Å²) in [7, 11) is -2.18. The molecule has 3 aliphatic rings. The molecule has 6 aromatic rings. The normalized spacial score (nSPS) is 19.6. The Labute approximate surface area is 328 Å². The number of nitrogens with one attached hydrogen (secondary N) is 3. The number of carbonyl (C=O) groups excluding carboxylic acids is 1. The van der Waals surface area contributed by atoms with Gasteiger partial charge in [0, 0.05) is 46.6 Å². The van der Waals surface area contributed by atoms with Crippen LogP contribution < -0.4 is 15.4 Å². The van der Waals surface area contributed by atoms with Crippen LogP contribution in [-0.2, 0) is 46.9 Å². The van der Waals surface area contributed by atoms with Crippen LogP contribution in [0.15, 0.2) is 42.5 Å². The molecule has 4 aromatic heterocycles. The number of para-hydroxylation sites is 1. The van der Waals surface area contributed by atoms with E-state index in [0.717, 1.165) is 31.2 Å². The minimum atomic E-state index is -5.06. The van der Waals surface area contributed by atoms with Crippen molar-refractivity contribution in [1.82, 2.24) is 34.8 Å². The average molecular weight is 848 g/mol. The SMILES string of the molecule is Cn1nc(NS(C)(=O)=O)c2cccc(-c3cc4sc(NC5(C)CC5)nc4nc3[C@H](Cc3cc(F)cc(F)c3)NC(=O)Cn3nc(C(F)(F)F)c4c3C(F)(F)[C@@H]3C[C@H]43)c21. The van der Waals surface area contributed by atoms with Gasteiger partial charge in [-0.2, -0.15) is 32.1 Å². The number of nitrogens with zero attached hydrogens (tertiary/aromatic N) is 6. The molecule has 0 radical (unpaired) electrons. The second-order valence-corrected chi connectivity index (χ2v) is 18.2. The number of hydrogen-bond acceptors (Lipinski definition) is 9. The highest BCUT2D eigenvalue weighted by Gasteiger charge is 2.68. The Hall–Kier alpha value is -5.31. The van der Waals surface area contributed by atoms with E-state index in [1.807, 2.05) is 6.92 Å². The maximum absolute atomic E-state index is 15.4. The number of sulfonamides is 1. The fraction of sp³-hybridized carbons (Fsp3) is 0.378. The first kappa shape index (κ1) is 38.2. The third-order valence-corrected chi connectivity index (χ3v) is 12.3. The van der Waals surface area contributed by atoms with Gasteiger partial charge in [0.15, 0.2) is 22.3 Å². The van der Waals surface area contributed by atoms with Crippen molar-refractivity contribution in [3.63, 3.8) is 0 Å². The third kappa shape index (κ3) is 6.80. The molecule has 3 N–H and O–H groups in total. The van der Waals surface area contributed by atoms with Crippen LogP contribution in [0.1, 0.15) is 66.4 Å². The number of rotatable bonds is 11. The number of carbonyl (C=O) groups is 1. The molecular weight excluding hydrogens is 816 g/mol. The zero-order valence-electron chi connectivity index (χ0n) is 30.7. The standard InChI is InChI=1S/C37H32F7N9O3S2/c1-35(7-8-35)48-34-47-33-25(57-34)14-21(19-5-4-6-20-29(19)52(2)50-32(20)51-58(3,55)56)28(46-33)24(11-16-9-17(38)12-18(39)10-16)45-26(54)15-53-31-27(30(49-53)37(42,43)44)22-13-23(22)36(31,40)41/h4-6,9-10,12,14,22-24H,7-8,11,13,15H2,1-3H3,(H,45,54)(H,50,51)(H,46,47,48)/t22-,23+,24-/m0/s1. The van der Waals surface area contributed by atoms with Crippen molar-refractivity contribution < 1.29 is 43.9 Å². The molecule has 0 bridgehead atoms. The second kappa shape index (κ2) is 12.8. The van der Waals surface area contributed by atoms with Crippen LogP contribution >= 0.6 is 11.3 Å². The van der Waals surface area contributed by atoms with Crippen LogP contribution in [0.4, 0.5) is 41.7 Å². The van der Waals surface area contributed by atoms with Crippen molar-refractivity contribution in [2.75, 3.05) is 16.3 Å². The highest BCUT2D eigenvalue weighted by atomic mass is 32.2. The first-order valence-electron chi connectivity index (χ1n) is 18.0. The van der Waals surface area contributed by atoms with E-state index in [2.05, 4.69) is 30.5 Å². The summed E-state index contributed by atoms with van der Waals surface area (Å²) in [6, 6.07) is 8.16. The topological polar surface area (TPSA) is 149 Å². The highest BCUT2D eigenvalue weighted by Crippen LogP contribution is 2.68. The molecule has 3 atom stereocenters. The lowest BCUT2D eigenvalue weighted by molar-refractivity contribution is -0.142. The Morgan fingerprint density at radius 1 is 1.05 bits per heavy atom. The molecule has 2 saturated carbocycles. The predicted molar refractivity (Wildman–Crippen MR) is 200 cm³/mol. The smallest absolute Gasteiger partial charge is 0.356 e. The van der Waals surface area contributed by atoms with E-state index in [1.54, 1.807) is 31.3 Å². The van der Waals surface area contributed by atoms with Crippen molar-refractivity contribution >= 4 is 59.5 Å². The predicted octanol–water partition coefficient (Wildman–Crippen LogP) is 7.38. The lowest BCUT2D eigenvalue weighted by Crippen LogP contribution is -2.35. The molecule has 0 spiro atoms. The number of anilines is 2. The van der Waals surface area contributed by atoms with Crippen LogP contribution in [0.5, 0.6) is 0 Å². The summed E-state index contributed by atoms with van der Waals surface area (Å²) in [4.78, 5) is 23.6. The fourth-order valence-electron chi connectivity index (χ4n) is 7.94. The lowest BCUT2D eigenvalue weighted by atomic mass is 9.94. The minimum absolute atomic E-state index is 0.0268. The summed E-state index contributed by atoms with van der Waals surface area (Å²) < 4.78 is 132. The summed E-state index contributed by atoms with van der Waals surface area (Å²) in [5.41, 5.74) is -1.60. The largest absolute Gasteiger partial charge is 0.435 e. The quantitative estimate of drug-likeness (QED) is 0.115. The summed E-state index contributed by atoms with van der Waals surface area (Å²) in [6.07, 6.45) is -2.72. The van der Waals surface area contributed by atoms with Gasteiger partial charge in [0.05, 0.1) is 28.2 Å². The zero-order valence-corrected chi connectivity index (χ0v) is 32.3. The Bertz CT molecular complexity index is 2790. The average Bonchev–Trinajstić information content (AvgIpc) is 3.90. The second-order valence-electron chi connectivity index (χ2n) is 15.4. The molecule has 304 valence electrons. The van der Waals surface area contributed by atoms with Crippen molar-refractivity contribution in [3.8, 4) is 11.1 Å². The number of fused-ring (bicyclic) bond motifs is 5. The van der Waals surface area contributed by atoms with Gasteiger partial charge in [-0.25, -0.2) is 27.2 Å². The van der Waals surface area contributed by atoms with Gasteiger partial charge in [-0.05, 0) is 68.4 Å². The number of aromatic nitrogens is 6. The number of amides is 1. The molecule has 58 heavy (non-hydrogen) atoms. The van der Waals surface area contributed by atoms with E-state index in [0.29, 0.717) is 42.6 Å². The summed E-state index contributed by atoms with van der Waals surface area (Å²) >= 11 is 1.30. The van der Waals surface area contributed by atoms with Gasteiger partial charge in [0.1, 0.15) is 23.9 Å². The van der Waals surface area contributed by atoms with Gasteiger partial charge >= 0.3 is 6.18 Å². The number of pyridine rings is 1. The van der Waals surface area contributed by atoms with Crippen molar-refractivity contribution in [3.05, 3.63) is 82.3 Å². The van der Waals surface area contributed by atoms with E-state index in [9.17, 15) is 35.2 Å². The van der Waals surface area contributed by atoms with E-state index >= 15 is 8.78 Å². The Balaban J connectivity index is 1.19. The van der Waals surface area contributed by atoms with Crippen LogP contribution in [0.3, 0.4) is 0 Å². The molecule has 12 nitrogen and oxygen atoms in total. The molecule has 0 saturated heterocycles. The number of hydrogen-bond donors (Lipinski definition) is 3. The number of benzene rings is 2. The van der Waals surface area contributed by atoms with Gasteiger partial charge in [0.25, 0.3) is 5.92 Å². The summed E-state index contributed by atoms with van der Waals surface area (Å²) in [5.74, 6) is -8.88. The van der Waals surface area contributed by atoms with Gasteiger partial charge in [-0.3, -0.25) is 18.9 Å². The first-order valence-corrected chi connectivity index (χ1v) is 20.7. The maximum atomic E-state index is 15.4. The number of alkyl halides is 5. The Morgan fingerprint density at radius 3 is 2.45 bits per heavy atom. The monoisotopic (exact) mass is 847 g/mol. The van der Waals surface area contributed by atoms with Crippen molar-refractivity contribution in [2.45, 2.75) is 68.7 Å². The van der Waals surface area contributed by atoms with Gasteiger partial charge in [0.2, 0.25) is 15.9 Å². The van der Waals surface area contributed by atoms with Crippen LogP contribution in [0, 0.1) is 17.6 Å². The van der Waals surface area contributed by atoms with Gasteiger partial charge in [-0.1, -0.05) is 23.5 Å². The number of halogens is 7. The summed E-state index contributed by atoms with van der Waals surface area (Å²) in [5, 5.41) is 14.9. The third-order valence-electron chi connectivity index (χ3n) is 10.8. The highest BCUT2D eigenvalue weighted by molar-refractivity contribution is 7.92. The van der Waals surface area contributed by atoms with E-state index in [4.69, 9.17) is 4.98 Å². The van der Waals surface area contributed by atoms with E-state index in [1.165, 1.54) is 16.0 Å². The first-order chi connectivity index (χ1) is 27.2. The molecule has 0 unspecified atom stereocenters. The van der Waals surface area contributed by atoms with Crippen LogP contribution in [0.2, 0.25) is 0 Å². The van der Waals surface area contributed by atoms with Gasteiger partial charge < -0.3 is 10.6 Å². The Morgan fingerprint density at radius 2 is 1.78 bits per heavy atom. The lowest BCUT2D eigenvalue weighted by Gasteiger charge is -2.23. The van der Waals surface area contributed by atoms with Crippen molar-refractivity contribution in [1.29, 1.82) is 0 Å². The van der Waals surface area contributed by atoms with Crippen molar-refractivity contribution in [2.24, 2.45) is 13.0 Å². The molecule has 2 aromatic carbocycles.